The van der Waals surface area contributed by atoms with Crippen LogP contribution in [0.4, 0.5) is 0 Å². The molecule has 0 bridgehead atoms. The Kier molecular flexibility index (Phi) is 9.05. The highest BCUT2D eigenvalue weighted by molar-refractivity contribution is 7.55. The van der Waals surface area contributed by atoms with E-state index in [1.165, 1.54) is 0 Å². The number of hydrogen-bond acceptors (Lipinski definition) is 6. The molecule has 0 aliphatic carbocycles. The SMILES string of the molecule is CCOP(=O)(OCC)C(Cc1ccccc1)C(=O)OCC(=O)c1ccc(Cl)cc1. The fourth-order valence-corrected chi connectivity index (χ4v) is 4.74. The molecule has 0 N–H and O–H groups in total. The topological polar surface area (TPSA) is 78.9 Å². The Bertz CT molecular complexity index is 843. The molecule has 2 rings (SSSR count). The van der Waals surface area contributed by atoms with Crippen molar-refractivity contribution in [1.82, 2.24) is 0 Å². The summed E-state index contributed by atoms with van der Waals surface area (Å²) in [5.41, 5.74) is -0.0412. The van der Waals surface area contributed by atoms with Crippen LogP contribution in [0.2, 0.25) is 5.02 Å². The van der Waals surface area contributed by atoms with Gasteiger partial charge in [-0.15, -0.1) is 0 Å². The van der Waals surface area contributed by atoms with Gasteiger partial charge in [-0.2, -0.15) is 0 Å². The highest BCUT2D eigenvalue weighted by Crippen LogP contribution is 2.54. The molecule has 0 aliphatic heterocycles. The van der Waals surface area contributed by atoms with Crippen LogP contribution in [0.3, 0.4) is 0 Å². The van der Waals surface area contributed by atoms with Gasteiger partial charge in [-0.25, -0.2) is 0 Å². The second-order valence-corrected chi connectivity index (χ2v) is 8.77. The van der Waals surface area contributed by atoms with E-state index in [9.17, 15) is 14.2 Å². The third-order valence-electron chi connectivity index (χ3n) is 4.06. The van der Waals surface area contributed by atoms with Gasteiger partial charge >= 0.3 is 13.6 Å². The first kappa shape index (κ1) is 23.3. The predicted molar refractivity (Wildman–Crippen MR) is 112 cm³/mol. The number of ketones is 1. The molecule has 6 nitrogen and oxygen atoms in total. The average molecular weight is 439 g/mol. The van der Waals surface area contributed by atoms with Gasteiger partial charge in [-0.1, -0.05) is 41.9 Å². The molecular formula is C21H24ClO6P. The molecule has 2 aromatic rings. The van der Waals surface area contributed by atoms with Crippen LogP contribution in [0.5, 0.6) is 0 Å². The van der Waals surface area contributed by atoms with E-state index in [1.54, 1.807) is 50.2 Å². The van der Waals surface area contributed by atoms with Crippen molar-refractivity contribution in [3.63, 3.8) is 0 Å². The van der Waals surface area contributed by atoms with Crippen molar-refractivity contribution in [1.29, 1.82) is 0 Å². The normalized spacial score (nSPS) is 12.4. The Balaban J connectivity index is 2.17. The van der Waals surface area contributed by atoms with Crippen LogP contribution < -0.4 is 0 Å². The third kappa shape index (κ3) is 6.79. The Morgan fingerprint density at radius 3 is 2.10 bits per heavy atom. The molecule has 2 aromatic carbocycles. The Labute approximate surface area is 175 Å². The largest absolute Gasteiger partial charge is 0.457 e. The summed E-state index contributed by atoms with van der Waals surface area (Å²) >= 11 is 5.82. The second kappa shape index (κ2) is 11.3. The van der Waals surface area contributed by atoms with Crippen LogP contribution in [0.15, 0.2) is 54.6 Å². The minimum Gasteiger partial charge on any atom is -0.457 e. The lowest BCUT2D eigenvalue weighted by atomic mass is 10.1. The number of ether oxygens (including phenoxy) is 1. The first-order valence-electron chi connectivity index (χ1n) is 9.27. The van der Waals surface area contributed by atoms with Crippen LogP contribution in [0, 0.1) is 0 Å². The van der Waals surface area contributed by atoms with Gasteiger partial charge < -0.3 is 13.8 Å². The van der Waals surface area contributed by atoms with E-state index in [1.807, 2.05) is 18.2 Å². The zero-order valence-electron chi connectivity index (χ0n) is 16.4. The summed E-state index contributed by atoms with van der Waals surface area (Å²) in [6.45, 7) is 3.07. The number of esters is 1. The highest BCUT2D eigenvalue weighted by Gasteiger charge is 2.42. The average Bonchev–Trinajstić information content (AvgIpc) is 2.71. The molecule has 29 heavy (non-hydrogen) atoms. The number of rotatable bonds is 11. The summed E-state index contributed by atoms with van der Waals surface area (Å²) in [5, 5.41) is 0.496. The lowest BCUT2D eigenvalue weighted by Gasteiger charge is -2.25. The Hall–Kier alpha value is -1.98. The quantitative estimate of drug-likeness (QED) is 0.281. The second-order valence-electron chi connectivity index (χ2n) is 6.12. The minimum absolute atomic E-state index is 0.103. The van der Waals surface area contributed by atoms with Gasteiger partial charge in [0.15, 0.2) is 18.0 Å². The van der Waals surface area contributed by atoms with Gasteiger partial charge in [0.05, 0.1) is 13.2 Å². The van der Waals surface area contributed by atoms with Gasteiger partial charge in [0.25, 0.3) is 0 Å². The molecule has 0 saturated carbocycles. The van der Waals surface area contributed by atoms with Crippen LogP contribution in [0.25, 0.3) is 0 Å². The van der Waals surface area contributed by atoms with E-state index in [2.05, 4.69) is 0 Å². The zero-order valence-corrected chi connectivity index (χ0v) is 18.0. The first-order valence-corrected chi connectivity index (χ1v) is 11.3. The monoisotopic (exact) mass is 438 g/mol. The highest BCUT2D eigenvalue weighted by atomic mass is 35.5. The maximum Gasteiger partial charge on any atom is 0.345 e. The fraction of sp³-hybridized carbons (Fsp3) is 0.333. The number of carbonyl (C=O) groups excluding carboxylic acids is 2. The first-order chi connectivity index (χ1) is 13.9. The molecule has 0 saturated heterocycles. The van der Waals surface area contributed by atoms with Gasteiger partial charge in [-0.05, 0) is 50.1 Å². The number of hydrogen-bond donors (Lipinski definition) is 0. The van der Waals surface area contributed by atoms with Gasteiger partial charge in [0.1, 0.15) is 0 Å². The Morgan fingerprint density at radius 2 is 1.55 bits per heavy atom. The lowest BCUT2D eigenvalue weighted by molar-refractivity contribution is -0.142. The smallest absolute Gasteiger partial charge is 0.345 e. The van der Waals surface area contributed by atoms with E-state index >= 15 is 0 Å². The van der Waals surface area contributed by atoms with Crippen molar-refractivity contribution in [3.8, 4) is 0 Å². The molecule has 0 heterocycles. The molecule has 0 aromatic heterocycles. The van der Waals surface area contributed by atoms with Gasteiger partial charge in [0.2, 0.25) is 0 Å². The maximum absolute atomic E-state index is 13.3. The van der Waals surface area contributed by atoms with Crippen molar-refractivity contribution < 1.29 is 27.9 Å². The van der Waals surface area contributed by atoms with E-state index in [0.29, 0.717) is 10.6 Å². The molecule has 0 fully saturated rings. The summed E-state index contributed by atoms with van der Waals surface area (Å²) in [4.78, 5) is 25.1. The molecule has 1 atom stereocenters. The summed E-state index contributed by atoms with van der Waals surface area (Å²) in [6, 6.07) is 15.3. The molecule has 8 heteroatoms. The van der Waals surface area contributed by atoms with Crippen molar-refractivity contribution in [2.45, 2.75) is 25.9 Å². The lowest BCUT2D eigenvalue weighted by Crippen LogP contribution is -2.29. The third-order valence-corrected chi connectivity index (χ3v) is 6.70. The maximum atomic E-state index is 13.3. The van der Waals surface area contributed by atoms with Crippen molar-refractivity contribution >= 4 is 30.9 Å². The van der Waals surface area contributed by atoms with Crippen LogP contribution in [-0.4, -0.2) is 37.2 Å². The summed E-state index contributed by atoms with van der Waals surface area (Å²) in [7, 11) is -3.79. The zero-order chi connectivity index (χ0) is 21.3. The van der Waals surface area contributed by atoms with Crippen LogP contribution >= 0.6 is 19.2 Å². The van der Waals surface area contributed by atoms with Crippen molar-refractivity contribution in [2.24, 2.45) is 0 Å². The van der Waals surface area contributed by atoms with Gasteiger partial charge in [-0.3, -0.25) is 14.2 Å². The van der Waals surface area contributed by atoms with Crippen molar-refractivity contribution in [2.75, 3.05) is 19.8 Å². The summed E-state index contributed by atoms with van der Waals surface area (Å²) < 4.78 is 29.2. The van der Waals surface area contributed by atoms with E-state index in [-0.39, 0.29) is 19.6 Å². The number of halogens is 1. The number of carbonyl (C=O) groups is 2. The van der Waals surface area contributed by atoms with E-state index in [0.717, 1.165) is 5.56 Å². The molecule has 0 spiro atoms. The van der Waals surface area contributed by atoms with E-state index in [4.69, 9.17) is 25.4 Å². The van der Waals surface area contributed by atoms with E-state index < -0.39 is 31.6 Å². The van der Waals surface area contributed by atoms with Gasteiger partial charge in [0, 0.05) is 10.6 Å². The number of benzene rings is 2. The Morgan fingerprint density at radius 1 is 0.966 bits per heavy atom. The predicted octanol–water partition coefficient (Wildman–Crippen LogP) is 4.94. The molecule has 0 aliphatic rings. The molecule has 0 amide bonds. The fourth-order valence-electron chi connectivity index (χ4n) is 2.69. The molecule has 0 radical (unpaired) electrons. The summed E-state index contributed by atoms with van der Waals surface area (Å²) in [5.74, 6) is -1.20. The standard InChI is InChI=1S/C21H24ClO6P/c1-3-27-29(25,28-4-2)20(14-16-8-6-5-7-9-16)21(24)26-15-19(23)17-10-12-18(22)13-11-17/h5-13,20H,3-4,14-15H2,1-2H3. The molecule has 1 unspecified atom stereocenters. The number of Topliss-reactive ketones (excluding diaryl/α,β-unsaturated/α-hetero) is 1. The molecular weight excluding hydrogens is 415 g/mol. The summed E-state index contributed by atoms with van der Waals surface area (Å²) in [6.07, 6.45) is 0.103. The van der Waals surface area contributed by atoms with Crippen LogP contribution in [0.1, 0.15) is 29.8 Å². The minimum atomic E-state index is -3.79. The van der Waals surface area contributed by atoms with Crippen molar-refractivity contribution in [3.05, 3.63) is 70.7 Å². The molecule has 156 valence electrons. The van der Waals surface area contributed by atoms with Crippen LogP contribution in [-0.2, 0) is 29.6 Å².